The molecule has 41 heavy (non-hydrogen) atoms. The Morgan fingerprint density at radius 2 is 1.90 bits per heavy atom. The Balaban J connectivity index is 1.40. The SMILES string of the molecule is NC1=NC=NN2C(CN3CCOCC3)=C(C(F)F)C(c3ccc(NC(=O)Nc4cc(C(F)(F)F)ccn4)c(F)c3)C12. The lowest BCUT2D eigenvalue weighted by molar-refractivity contribution is -0.137. The van der Waals surface area contributed by atoms with Gasteiger partial charge in [0.25, 0.3) is 6.43 Å². The van der Waals surface area contributed by atoms with Crippen molar-refractivity contribution < 1.29 is 35.9 Å². The van der Waals surface area contributed by atoms with E-state index in [1.807, 2.05) is 4.90 Å². The fraction of sp³-hybridized carbons (Fsp3) is 0.360. The minimum Gasteiger partial charge on any atom is -0.385 e. The Hall–Kier alpha value is -4.18. The van der Waals surface area contributed by atoms with Gasteiger partial charge in [-0.15, -0.1) is 0 Å². The van der Waals surface area contributed by atoms with Gasteiger partial charge >= 0.3 is 12.2 Å². The number of nitrogens with two attached hydrogens (primary N) is 1. The van der Waals surface area contributed by atoms with E-state index >= 15 is 4.39 Å². The van der Waals surface area contributed by atoms with Crippen molar-refractivity contribution in [1.82, 2.24) is 14.9 Å². The van der Waals surface area contributed by atoms with E-state index in [-0.39, 0.29) is 34.9 Å². The highest BCUT2D eigenvalue weighted by Crippen LogP contribution is 2.45. The number of carbonyl (C=O) groups excluding carboxylic acids is 1. The van der Waals surface area contributed by atoms with Crippen LogP contribution in [0, 0.1) is 5.82 Å². The summed E-state index contributed by atoms with van der Waals surface area (Å²) in [6.07, 6.45) is -5.54. The Morgan fingerprint density at radius 1 is 1.15 bits per heavy atom. The first kappa shape index (κ1) is 28.4. The van der Waals surface area contributed by atoms with Gasteiger partial charge < -0.3 is 15.8 Å². The van der Waals surface area contributed by atoms with E-state index in [2.05, 4.69) is 25.7 Å². The van der Waals surface area contributed by atoms with Crippen LogP contribution in [0.1, 0.15) is 17.0 Å². The van der Waals surface area contributed by atoms with Crippen LogP contribution in [-0.2, 0) is 10.9 Å². The van der Waals surface area contributed by atoms with Gasteiger partial charge in [-0.25, -0.2) is 27.9 Å². The number of amides is 2. The molecule has 1 fully saturated rings. The summed E-state index contributed by atoms with van der Waals surface area (Å²) in [5.74, 6) is -2.45. The van der Waals surface area contributed by atoms with Crippen LogP contribution in [0.4, 0.5) is 42.6 Å². The van der Waals surface area contributed by atoms with Gasteiger partial charge in [-0.05, 0) is 29.8 Å². The third-order valence-electron chi connectivity index (χ3n) is 6.85. The Bertz CT molecular complexity index is 1410. The molecule has 10 nitrogen and oxygen atoms in total. The maximum absolute atomic E-state index is 15.2. The van der Waals surface area contributed by atoms with E-state index < -0.39 is 47.8 Å². The average molecular weight is 583 g/mol. The standard InChI is InChI=1S/C25H24F6N8O2/c26-15-9-13(1-2-16(15)36-24(40)37-18-10-14(3-4-33-18)25(29,30)31)19-20(22(27)28)17(11-38-5-7-41-8-6-38)39-21(19)23(32)34-12-35-39/h1-4,9-10,12,19,21-22H,5-8,11H2,(H2,32,34,35)(H2,33,36,37,40). The number of hydrogen-bond acceptors (Lipinski definition) is 8. The number of anilines is 2. The second-order valence-electron chi connectivity index (χ2n) is 9.39. The topological polar surface area (TPSA) is 120 Å². The molecule has 2 amide bonds. The van der Waals surface area contributed by atoms with Crippen LogP contribution in [-0.4, -0.2) is 78.4 Å². The summed E-state index contributed by atoms with van der Waals surface area (Å²) in [6, 6.07) is 2.88. The summed E-state index contributed by atoms with van der Waals surface area (Å²) in [7, 11) is 0. The van der Waals surface area contributed by atoms with Gasteiger partial charge in [-0.1, -0.05) is 6.07 Å². The monoisotopic (exact) mass is 582 g/mol. The number of benzene rings is 1. The molecule has 218 valence electrons. The normalized spacial score (nSPS) is 21.2. The van der Waals surface area contributed by atoms with E-state index in [0.717, 1.165) is 24.4 Å². The van der Waals surface area contributed by atoms with Crippen LogP contribution in [0.2, 0.25) is 0 Å². The summed E-state index contributed by atoms with van der Waals surface area (Å²) in [5.41, 5.74) is 4.86. The summed E-state index contributed by atoms with van der Waals surface area (Å²) in [4.78, 5) is 21.9. The molecule has 3 aliphatic rings. The van der Waals surface area contributed by atoms with Gasteiger partial charge in [0.2, 0.25) is 0 Å². The van der Waals surface area contributed by atoms with Gasteiger partial charge in [-0.2, -0.15) is 18.3 Å². The first-order chi connectivity index (χ1) is 19.5. The number of nitrogens with one attached hydrogen (secondary N) is 2. The van der Waals surface area contributed by atoms with Gasteiger partial charge in [0.15, 0.2) is 0 Å². The number of hydrazone groups is 1. The van der Waals surface area contributed by atoms with Crippen molar-refractivity contribution in [2.75, 3.05) is 43.5 Å². The molecular weight excluding hydrogens is 558 g/mol. The molecule has 0 saturated carbocycles. The zero-order valence-electron chi connectivity index (χ0n) is 21.2. The zero-order chi connectivity index (χ0) is 29.3. The molecule has 2 atom stereocenters. The lowest BCUT2D eigenvalue weighted by Gasteiger charge is -2.32. The lowest BCUT2D eigenvalue weighted by atomic mass is 9.86. The van der Waals surface area contributed by atoms with Crippen LogP contribution in [0.15, 0.2) is 57.9 Å². The number of alkyl halides is 5. The first-order valence-corrected chi connectivity index (χ1v) is 12.4. The van der Waals surface area contributed by atoms with Crippen molar-refractivity contribution in [3.63, 3.8) is 0 Å². The molecule has 4 N–H and O–H groups in total. The van der Waals surface area contributed by atoms with Gasteiger partial charge in [-0.3, -0.25) is 15.2 Å². The third-order valence-corrected chi connectivity index (χ3v) is 6.85. The number of rotatable bonds is 6. The van der Waals surface area contributed by atoms with Crippen molar-refractivity contribution in [3.8, 4) is 0 Å². The van der Waals surface area contributed by atoms with Crippen molar-refractivity contribution in [3.05, 3.63) is 64.7 Å². The molecule has 16 heteroatoms. The van der Waals surface area contributed by atoms with Crippen molar-refractivity contribution in [2.24, 2.45) is 15.8 Å². The molecule has 1 aromatic heterocycles. The fourth-order valence-electron chi connectivity index (χ4n) is 4.98. The highest BCUT2D eigenvalue weighted by Gasteiger charge is 2.48. The van der Waals surface area contributed by atoms with Crippen molar-refractivity contribution >= 4 is 29.7 Å². The van der Waals surface area contributed by atoms with Gasteiger partial charge in [0.1, 0.15) is 29.9 Å². The quantitative estimate of drug-likeness (QED) is 0.446. The minimum absolute atomic E-state index is 0.0238. The number of halogens is 6. The molecule has 3 aliphatic heterocycles. The smallest absolute Gasteiger partial charge is 0.385 e. The molecule has 4 heterocycles. The molecule has 0 bridgehead atoms. The Labute approximate surface area is 229 Å². The molecule has 0 aliphatic carbocycles. The average Bonchev–Trinajstić information content (AvgIpc) is 3.25. The highest BCUT2D eigenvalue weighted by molar-refractivity contribution is 5.99. The van der Waals surface area contributed by atoms with Gasteiger partial charge in [0, 0.05) is 37.3 Å². The Kier molecular flexibility index (Phi) is 7.86. The van der Waals surface area contributed by atoms with E-state index in [1.165, 1.54) is 17.4 Å². The lowest BCUT2D eigenvalue weighted by Crippen LogP contribution is -2.46. The fourth-order valence-corrected chi connectivity index (χ4v) is 4.98. The molecule has 0 radical (unpaired) electrons. The third kappa shape index (κ3) is 5.97. The van der Waals surface area contributed by atoms with Crippen molar-refractivity contribution in [1.29, 1.82) is 0 Å². The number of morpholine rings is 1. The number of carbonyl (C=O) groups is 1. The van der Waals surface area contributed by atoms with E-state index in [4.69, 9.17) is 10.5 Å². The van der Waals surface area contributed by atoms with E-state index in [0.29, 0.717) is 32.4 Å². The number of urea groups is 1. The van der Waals surface area contributed by atoms with Crippen LogP contribution in [0.25, 0.3) is 0 Å². The number of fused-ring (bicyclic) bond motifs is 1. The number of ether oxygens (including phenoxy) is 1. The second-order valence-corrected chi connectivity index (χ2v) is 9.39. The number of pyridine rings is 1. The van der Waals surface area contributed by atoms with Crippen LogP contribution in [0.5, 0.6) is 0 Å². The zero-order valence-corrected chi connectivity index (χ0v) is 21.2. The first-order valence-electron chi connectivity index (χ1n) is 12.4. The number of amidine groups is 1. The largest absolute Gasteiger partial charge is 0.416 e. The maximum Gasteiger partial charge on any atom is 0.416 e. The van der Waals surface area contributed by atoms with Gasteiger partial charge in [0.05, 0.1) is 30.2 Å². The number of hydrogen-bond donors (Lipinski definition) is 3. The second kappa shape index (κ2) is 11.4. The molecule has 2 aromatic rings. The Morgan fingerprint density at radius 3 is 2.59 bits per heavy atom. The predicted molar refractivity (Wildman–Crippen MR) is 137 cm³/mol. The molecular formula is C25H24F6N8O2. The summed E-state index contributed by atoms with van der Waals surface area (Å²) in [6.45, 7) is 2.11. The number of nitrogens with zero attached hydrogens (tertiary/aromatic N) is 5. The predicted octanol–water partition coefficient (Wildman–Crippen LogP) is 3.82. The highest BCUT2D eigenvalue weighted by atomic mass is 19.4. The van der Waals surface area contributed by atoms with Crippen LogP contribution in [0.3, 0.4) is 0 Å². The number of aromatic nitrogens is 1. The minimum atomic E-state index is -4.65. The molecule has 5 rings (SSSR count). The molecule has 2 unspecified atom stereocenters. The summed E-state index contributed by atoms with van der Waals surface area (Å²) < 4.78 is 88.6. The van der Waals surface area contributed by atoms with Crippen LogP contribution >= 0.6 is 0 Å². The number of aliphatic imine (C=N–C) groups is 1. The summed E-state index contributed by atoms with van der Waals surface area (Å²) in [5, 5.41) is 9.88. The van der Waals surface area contributed by atoms with Crippen LogP contribution < -0.4 is 16.4 Å². The maximum atomic E-state index is 15.2. The molecule has 1 saturated heterocycles. The molecule has 0 spiro atoms. The van der Waals surface area contributed by atoms with Crippen molar-refractivity contribution in [2.45, 2.75) is 24.6 Å². The molecule has 1 aromatic carbocycles. The van der Waals surface area contributed by atoms with E-state index in [1.54, 1.807) is 0 Å². The van der Waals surface area contributed by atoms with E-state index in [9.17, 15) is 26.7 Å². The summed E-state index contributed by atoms with van der Waals surface area (Å²) >= 11 is 0.